The lowest BCUT2D eigenvalue weighted by Gasteiger charge is -2.39. The van der Waals surface area contributed by atoms with E-state index in [1.807, 2.05) is 69.8 Å². The molecule has 0 spiro atoms. The Morgan fingerprint density at radius 3 is 2.43 bits per heavy atom. The highest BCUT2D eigenvalue weighted by Crippen LogP contribution is 2.31. The van der Waals surface area contributed by atoms with E-state index in [9.17, 15) is 29.1 Å². The zero-order chi connectivity index (χ0) is 42.7. The molecule has 7 atom stereocenters. The van der Waals surface area contributed by atoms with Crippen molar-refractivity contribution in [2.24, 2.45) is 24.8 Å². The van der Waals surface area contributed by atoms with Gasteiger partial charge in [-0.15, -0.1) is 11.3 Å². The smallest absolute Gasteiger partial charge is 0.306 e. The average molecular weight is 823 g/mol. The van der Waals surface area contributed by atoms with Crippen LogP contribution < -0.4 is 10.6 Å². The number of esters is 1. The molecule has 320 valence electrons. The summed E-state index contributed by atoms with van der Waals surface area (Å²) in [7, 11) is 3.69. The Balaban J connectivity index is 1.53. The van der Waals surface area contributed by atoms with E-state index in [2.05, 4.69) is 27.4 Å². The van der Waals surface area contributed by atoms with Crippen molar-refractivity contribution < 1.29 is 33.8 Å². The van der Waals surface area contributed by atoms with Gasteiger partial charge >= 0.3 is 11.9 Å². The SMILES string of the molecule is CCCCN1CCCC[C@@H]1C(=O)N[C@H](C(=O)N(C)[C@H](C[C@@H](OC(C)=O)c1nc(C(=O)N[C@@H](Cc2cn(C)c3ccccc23)C[C@H](C)C(=O)O)cs1)C(C)C)[C@@H](C)CC. The van der Waals surface area contributed by atoms with E-state index >= 15 is 0 Å². The highest BCUT2D eigenvalue weighted by molar-refractivity contribution is 7.09. The molecule has 14 heteroatoms. The van der Waals surface area contributed by atoms with Gasteiger partial charge < -0.3 is 29.9 Å². The number of aliphatic carboxylic acids is 1. The lowest BCUT2D eigenvalue weighted by atomic mass is 9.92. The Hall–Kier alpha value is -4.30. The number of hydrogen-bond donors (Lipinski definition) is 3. The van der Waals surface area contributed by atoms with E-state index in [4.69, 9.17) is 4.74 Å². The summed E-state index contributed by atoms with van der Waals surface area (Å²) >= 11 is 1.19. The first-order chi connectivity index (χ1) is 27.6. The fraction of sp³-hybridized carbons (Fsp3) is 0.636. The first-order valence-electron chi connectivity index (χ1n) is 21.1. The number of para-hydroxylation sites is 1. The van der Waals surface area contributed by atoms with Crippen LogP contribution in [-0.4, -0.2) is 98.4 Å². The maximum absolute atomic E-state index is 14.4. The Bertz CT molecular complexity index is 1860. The van der Waals surface area contributed by atoms with Crippen LogP contribution in [-0.2, 0) is 37.4 Å². The molecule has 1 aliphatic rings. The zero-order valence-corrected chi connectivity index (χ0v) is 36.8. The molecule has 0 aliphatic carbocycles. The normalized spacial score (nSPS) is 17.9. The van der Waals surface area contributed by atoms with Crippen molar-refractivity contribution in [3.63, 3.8) is 0 Å². The molecule has 1 saturated heterocycles. The Morgan fingerprint density at radius 2 is 1.78 bits per heavy atom. The first kappa shape index (κ1) is 46.4. The van der Waals surface area contributed by atoms with E-state index in [-0.39, 0.29) is 48.2 Å². The number of amides is 3. The van der Waals surface area contributed by atoms with E-state index in [1.165, 1.54) is 18.3 Å². The molecule has 58 heavy (non-hydrogen) atoms. The molecule has 3 heterocycles. The largest absolute Gasteiger partial charge is 0.481 e. The minimum absolute atomic E-state index is 0.0584. The molecule has 3 aromatic rings. The van der Waals surface area contributed by atoms with Gasteiger partial charge in [0.1, 0.15) is 16.7 Å². The highest BCUT2D eigenvalue weighted by Gasteiger charge is 2.38. The van der Waals surface area contributed by atoms with Crippen molar-refractivity contribution in [3.8, 4) is 0 Å². The molecule has 0 unspecified atom stereocenters. The van der Waals surface area contributed by atoms with Crippen LogP contribution in [0.5, 0.6) is 0 Å². The number of benzene rings is 1. The number of ether oxygens (including phenoxy) is 1. The van der Waals surface area contributed by atoms with Gasteiger partial charge in [-0.1, -0.05) is 79.0 Å². The lowest BCUT2D eigenvalue weighted by molar-refractivity contribution is -0.149. The molecule has 13 nitrogen and oxygen atoms in total. The minimum atomic E-state index is -0.948. The number of piperidine rings is 1. The zero-order valence-electron chi connectivity index (χ0n) is 36.0. The summed E-state index contributed by atoms with van der Waals surface area (Å²) in [6, 6.07) is 6.05. The van der Waals surface area contributed by atoms with Crippen LogP contribution in [0.4, 0.5) is 0 Å². The number of likely N-dealkylation sites (tertiary alicyclic amines) is 1. The van der Waals surface area contributed by atoms with Crippen LogP contribution >= 0.6 is 11.3 Å². The molecule has 4 rings (SSSR count). The van der Waals surface area contributed by atoms with E-state index in [0.29, 0.717) is 17.8 Å². The molecule has 1 aromatic carbocycles. The minimum Gasteiger partial charge on any atom is -0.481 e. The van der Waals surface area contributed by atoms with Gasteiger partial charge in [-0.25, -0.2) is 4.98 Å². The number of thiazole rings is 1. The summed E-state index contributed by atoms with van der Waals surface area (Å²) in [4.78, 5) is 75.0. The summed E-state index contributed by atoms with van der Waals surface area (Å²) in [6.45, 7) is 14.8. The van der Waals surface area contributed by atoms with Crippen LogP contribution in [0.2, 0.25) is 0 Å². The van der Waals surface area contributed by atoms with Crippen molar-refractivity contribution >= 4 is 51.9 Å². The summed E-state index contributed by atoms with van der Waals surface area (Å²) in [5.41, 5.74) is 2.16. The Morgan fingerprint density at radius 1 is 1.05 bits per heavy atom. The van der Waals surface area contributed by atoms with Gasteiger partial charge in [0, 0.05) is 62.0 Å². The maximum Gasteiger partial charge on any atom is 0.306 e. The second kappa shape index (κ2) is 21.6. The monoisotopic (exact) mass is 822 g/mol. The van der Waals surface area contributed by atoms with Gasteiger partial charge in [-0.05, 0) is 68.7 Å². The summed E-state index contributed by atoms with van der Waals surface area (Å²) in [5, 5.41) is 19.0. The van der Waals surface area contributed by atoms with Crippen molar-refractivity contribution in [1.29, 1.82) is 0 Å². The quantitative estimate of drug-likeness (QED) is 0.0987. The number of aromatic nitrogens is 2. The number of carbonyl (C=O) groups excluding carboxylic acids is 4. The van der Waals surface area contributed by atoms with Crippen LogP contribution in [0, 0.1) is 17.8 Å². The summed E-state index contributed by atoms with van der Waals surface area (Å²) in [6.07, 6.45) is 7.58. The number of unbranched alkanes of at least 4 members (excludes halogenated alkanes) is 1. The molecule has 0 radical (unpaired) electrons. The number of carboxylic acid groups (broad SMARTS) is 1. The average Bonchev–Trinajstić information content (AvgIpc) is 3.81. The number of carbonyl (C=O) groups is 5. The van der Waals surface area contributed by atoms with Crippen molar-refractivity contribution in [2.75, 3.05) is 20.1 Å². The number of carboxylic acids is 1. The molecular weight excluding hydrogens is 757 g/mol. The number of rotatable bonds is 21. The topological polar surface area (TPSA) is 163 Å². The lowest BCUT2D eigenvalue weighted by Crippen LogP contribution is -2.58. The van der Waals surface area contributed by atoms with Crippen LogP contribution in [0.15, 0.2) is 35.8 Å². The molecule has 2 aromatic heterocycles. The molecule has 3 amide bonds. The third-order valence-electron chi connectivity index (χ3n) is 11.7. The number of nitrogens with zero attached hydrogens (tertiary/aromatic N) is 4. The highest BCUT2D eigenvalue weighted by atomic mass is 32.1. The van der Waals surface area contributed by atoms with Crippen molar-refractivity contribution in [3.05, 3.63) is 52.1 Å². The number of nitrogens with one attached hydrogen (secondary N) is 2. The second-order valence-electron chi connectivity index (χ2n) is 16.6. The van der Waals surface area contributed by atoms with Crippen LogP contribution in [0.25, 0.3) is 10.9 Å². The van der Waals surface area contributed by atoms with Gasteiger partial charge in [0.2, 0.25) is 11.8 Å². The van der Waals surface area contributed by atoms with Gasteiger partial charge in [-0.3, -0.25) is 28.9 Å². The van der Waals surface area contributed by atoms with Gasteiger partial charge in [0.15, 0.2) is 6.10 Å². The second-order valence-corrected chi connectivity index (χ2v) is 17.5. The van der Waals surface area contributed by atoms with Gasteiger partial charge in [0.05, 0.1) is 12.0 Å². The van der Waals surface area contributed by atoms with Gasteiger partial charge in [-0.2, -0.15) is 0 Å². The fourth-order valence-corrected chi connectivity index (χ4v) is 8.94. The van der Waals surface area contributed by atoms with E-state index < -0.39 is 48.0 Å². The molecular formula is C44H66N6O7S. The Labute approximate surface area is 348 Å². The third-order valence-corrected chi connectivity index (χ3v) is 12.7. The predicted octanol–water partition coefficient (Wildman–Crippen LogP) is 6.75. The van der Waals surface area contributed by atoms with Gasteiger partial charge in [0.25, 0.3) is 5.91 Å². The van der Waals surface area contributed by atoms with Crippen molar-refractivity contribution in [2.45, 2.75) is 137 Å². The summed E-state index contributed by atoms with van der Waals surface area (Å²) in [5.74, 6) is -3.12. The number of fused-ring (bicyclic) bond motifs is 1. The number of likely N-dealkylation sites (N-methyl/N-ethyl adjacent to an activating group) is 1. The number of hydrogen-bond acceptors (Lipinski definition) is 9. The molecule has 1 fully saturated rings. The van der Waals surface area contributed by atoms with Crippen LogP contribution in [0.3, 0.4) is 0 Å². The molecule has 0 saturated carbocycles. The predicted molar refractivity (Wildman–Crippen MR) is 227 cm³/mol. The standard InChI is InChI=1S/C44H66N6O7S/c1-10-12-20-50-21-16-15-19-36(50)41(53)47-39(28(5)11-2)43(54)49(9)37(27(3)4)24-38(57-30(7)51)42-46-34(26-58-42)40(52)45-32(22-29(6)44(55)56)23-31-25-48(8)35-18-14-13-17-33(31)35/h13-14,17-18,25-29,32,36-39H,10-12,15-16,19-24H2,1-9H3,(H,45,52)(H,47,53)(H,55,56)/t28-,29-,32+,36+,37+,38+,39-/m0/s1. The van der Waals surface area contributed by atoms with Crippen molar-refractivity contribution in [1.82, 2.24) is 30.0 Å². The third kappa shape index (κ3) is 12.1. The molecule has 0 bridgehead atoms. The summed E-state index contributed by atoms with van der Waals surface area (Å²) < 4.78 is 7.85. The van der Waals surface area contributed by atoms with Crippen LogP contribution in [0.1, 0.15) is 127 Å². The number of aryl methyl sites for hydroxylation is 1. The first-order valence-corrected chi connectivity index (χ1v) is 21.9. The Kier molecular flexibility index (Phi) is 17.3. The maximum atomic E-state index is 14.4. The van der Waals surface area contributed by atoms with E-state index in [0.717, 1.165) is 61.7 Å². The molecule has 1 aliphatic heterocycles. The fourth-order valence-electron chi connectivity index (χ4n) is 8.10. The van der Waals surface area contributed by atoms with E-state index in [1.54, 1.807) is 24.3 Å². The molecule has 3 N–H and O–H groups in total.